The van der Waals surface area contributed by atoms with E-state index < -0.39 is 28.1 Å². The van der Waals surface area contributed by atoms with Crippen molar-refractivity contribution in [1.82, 2.24) is 4.98 Å². The van der Waals surface area contributed by atoms with Gasteiger partial charge in [0.05, 0.1) is 16.8 Å². The van der Waals surface area contributed by atoms with E-state index in [4.69, 9.17) is 21.5 Å². The molecule has 0 unspecified atom stereocenters. The van der Waals surface area contributed by atoms with E-state index in [1.54, 1.807) is 27.1 Å². The first kappa shape index (κ1) is 26.0. The molecule has 0 radical (unpaired) electrons. The van der Waals surface area contributed by atoms with E-state index in [-0.39, 0.29) is 22.0 Å². The average molecular weight is 484 g/mol. The number of hydrogen-bond donors (Lipinski definition) is 3. The molecule has 0 amide bonds. The topological polar surface area (TPSA) is 137 Å². The highest BCUT2D eigenvalue weighted by atomic mass is 35.5. The number of carboxylic acid groups (broad SMARTS) is 2. The van der Waals surface area contributed by atoms with E-state index in [1.807, 2.05) is 0 Å². The molecular formula is C17H17ClF3N3O6S. The van der Waals surface area contributed by atoms with E-state index in [1.165, 1.54) is 29.3 Å². The van der Waals surface area contributed by atoms with Crippen LogP contribution in [-0.4, -0.2) is 55.8 Å². The molecular weight excluding hydrogens is 467 g/mol. The number of hydrogen-bond acceptors (Lipinski definition) is 6. The van der Waals surface area contributed by atoms with Crippen LogP contribution in [0.2, 0.25) is 5.02 Å². The van der Waals surface area contributed by atoms with Gasteiger partial charge in [0.1, 0.15) is 11.4 Å². The van der Waals surface area contributed by atoms with Gasteiger partial charge in [-0.1, -0.05) is 17.7 Å². The van der Waals surface area contributed by atoms with Gasteiger partial charge in [0, 0.05) is 19.1 Å². The molecule has 31 heavy (non-hydrogen) atoms. The number of nitrogens with zero attached hydrogens (tertiary/aromatic N) is 2. The van der Waals surface area contributed by atoms with Crippen LogP contribution in [0.3, 0.4) is 0 Å². The first-order chi connectivity index (χ1) is 14.1. The van der Waals surface area contributed by atoms with Crippen molar-refractivity contribution in [3.8, 4) is 0 Å². The fraction of sp³-hybridized carbons (Fsp3) is 0.235. The van der Waals surface area contributed by atoms with Crippen molar-refractivity contribution in [1.29, 1.82) is 0 Å². The van der Waals surface area contributed by atoms with Crippen LogP contribution in [-0.2, 0) is 14.8 Å². The maximum Gasteiger partial charge on any atom is 0.490 e. The van der Waals surface area contributed by atoms with Crippen molar-refractivity contribution in [2.45, 2.75) is 18.0 Å². The highest BCUT2D eigenvalue weighted by Gasteiger charge is 2.38. The summed E-state index contributed by atoms with van der Waals surface area (Å²) in [6, 6.07) is 5.76. The summed E-state index contributed by atoms with van der Waals surface area (Å²) in [4.78, 5) is 25.8. The van der Waals surface area contributed by atoms with Crippen molar-refractivity contribution in [2.75, 3.05) is 23.7 Å². The van der Waals surface area contributed by atoms with Crippen molar-refractivity contribution in [3.05, 3.63) is 46.6 Å². The normalized spacial score (nSPS) is 11.2. The Kier molecular flexibility index (Phi) is 8.24. The number of halogens is 4. The molecule has 0 fully saturated rings. The number of aliphatic carboxylic acids is 1. The molecule has 3 N–H and O–H groups in total. The summed E-state index contributed by atoms with van der Waals surface area (Å²) in [5.41, 5.74) is 0.350. The van der Waals surface area contributed by atoms with Gasteiger partial charge in [-0.2, -0.15) is 13.2 Å². The number of anilines is 2. The molecule has 2 rings (SSSR count). The van der Waals surface area contributed by atoms with Crippen LogP contribution in [0.25, 0.3) is 0 Å². The van der Waals surface area contributed by atoms with Crippen LogP contribution in [0.15, 0.2) is 35.4 Å². The fourth-order valence-electron chi connectivity index (χ4n) is 2.12. The number of nitrogens with one attached hydrogen (secondary N) is 1. The Balaban J connectivity index is 0.000000592. The second-order valence-corrected chi connectivity index (χ2v) is 8.12. The molecule has 0 aliphatic heterocycles. The van der Waals surface area contributed by atoms with E-state index in [0.29, 0.717) is 10.6 Å². The average Bonchev–Trinajstić information content (AvgIpc) is 2.62. The van der Waals surface area contributed by atoms with Gasteiger partial charge < -0.3 is 15.1 Å². The predicted octanol–water partition coefficient (Wildman–Crippen LogP) is 3.24. The summed E-state index contributed by atoms with van der Waals surface area (Å²) >= 11 is 5.96. The summed E-state index contributed by atoms with van der Waals surface area (Å²) in [6.45, 7) is 1.59. The molecule has 1 aromatic carbocycles. The third-order valence-electron chi connectivity index (χ3n) is 3.52. The quantitative estimate of drug-likeness (QED) is 0.589. The number of carboxylic acids is 2. The molecule has 170 valence electrons. The van der Waals surface area contributed by atoms with Gasteiger partial charge in [0.2, 0.25) is 0 Å². The molecule has 0 saturated heterocycles. The number of sulfonamides is 1. The van der Waals surface area contributed by atoms with Crippen molar-refractivity contribution < 1.29 is 41.4 Å². The Hall–Kier alpha value is -3.06. The highest BCUT2D eigenvalue weighted by molar-refractivity contribution is 7.92. The Bertz CT molecular complexity index is 1090. The van der Waals surface area contributed by atoms with Crippen LogP contribution >= 0.6 is 11.6 Å². The lowest BCUT2D eigenvalue weighted by molar-refractivity contribution is -0.192. The zero-order valence-electron chi connectivity index (χ0n) is 16.2. The Morgan fingerprint density at radius 3 is 2.19 bits per heavy atom. The van der Waals surface area contributed by atoms with E-state index in [0.717, 1.165) is 0 Å². The Morgan fingerprint density at radius 1 is 1.19 bits per heavy atom. The molecule has 0 spiro atoms. The molecule has 2 aromatic rings. The van der Waals surface area contributed by atoms with Crippen LogP contribution in [0, 0.1) is 6.92 Å². The molecule has 0 saturated carbocycles. The second kappa shape index (κ2) is 9.83. The zero-order valence-corrected chi connectivity index (χ0v) is 17.8. The summed E-state index contributed by atoms with van der Waals surface area (Å²) in [7, 11) is -0.629. The Labute approximate surface area is 180 Å². The highest BCUT2D eigenvalue weighted by Crippen LogP contribution is 2.26. The van der Waals surface area contributed by atoms with Gasteiger partial charge in [-0.25, -0.2) is 23.0 Å². The molecule has 0 aliphatic rings. The zero-order chi connectivity index (χ0) is 24.1. The summed E-state index contributed by atoms with van der Waals surface area (Å²) < 4.78 is 59.1. The van der Waals surface area contributed by atoms with Gasteiger partial charge in [0.25, 0.3) is 10.0 Å². The van der Waals surface area contributed by atoms with E-state index in [9.17, 15) is 31.5 Å². The third-order valence-corrected chi connectivity index (χ3v) is 5.46. The van der Waals surface area contributed by atoms with E-state index >= 15 is 0 Å². The molecule has 9 nitrogen and oxygen atoms in total. The molecule has 1 heterocycles. The number of aromatic carboxylic acids is 1. The Morgan fingerprint density at radius 2 is 1.74 bits per heavy atom. The standard InChI is InChI=1S/C15H16ClN3O4S.C2HF3O2/c1-9-12(16)5-4-6-13(9)24(22,23)18-10-7-11(15(20)21)14(17-8-10)19(2)3;3-2(4,5)1(6)7/h4-8,18H,1-3H3,(H,20,21);(H,6,7). The lowest BCUT2D eigenvalue weighted by Gasteiger charge is -2.16. The third kappa shape index (κ3) is 7.00. The number of pyridine rings is 1. The van der Waals surface area contributed by atoms with Gasteiger partial charge >= 0.3 is 18.1 Å². The van der Waals surface area contributed by atoms with E-state index in [2.05, 4.69) is 9.71 Å². The minimum absolute atomic E-state index is 0.0172. The number of benzene rings is 1. The largest absolute Gasteiger partial charge is 0.490 e. The van der Waals surface area contributed by atoms with Crippen molar-refractivity contribution >= 4 is 45.1 Å². The van der Waals surface area contributed by atoms with Crippen LogP contribution in [0.1, 0.15) is 15.9 Å². The van der Waals surface area contributed by atoms with Crippen molar-refractivity contribution in [2.24, 2.45) is 0 Å². The number of carbonyl (C=O) groups is 2. The van der Waals surface area contributed by atoms with Gasteiger partial charge in [-0.15, -0.1) is 0 Å². The SMILES string of the molecule is Cc1c(Cl)cccc1S(=O)(=O)Nc1cnc(N(C)C)c(C(=O)O)c1.O=C(O)C(F)(F)F. The molecule has 0 atom stereocenters. The smallest absolute Gasteiger partial charge is 0.478 e. The van der Waals surface area contributed by atoms with Gasteiger partial charge in [-0.05, 0) is 30.7 Å². The maximum absolute atomic E-state index is 12.5. The lowest BCUT2D eigenvalue weighted by Crippen LogP contribution is -2.21. The van der Waals surface area contributed by atoms with Crippen LogP contribution in [0.4, 0.5) is 24.7 Å². The van der Waals surface area contributed by atoms with Crippen molar-refractivity contribution in [3.63, 3.8) is 0 Å². The first-order valence-corrected chi connectivity index (χ1v) is 9.92. The molecule has 14 heteroatoms. The fourth-order valence-corrected chi connectivity index (χ4v) is 3.65. The monoisotopic (exact) mass is 483 g/mol. The minimum atomic E-state index is -5.08. The summed E-state index contributed by atoms with van der Waals surface area (Å²) in [5.74, 6) is -3.73. The summed E-state index contributed by atoms with van der Waals surface area (Å²) in [5, 5.41) is 16.7. The van der Waals surface area contributed by atoms with Gasteiger partial charge in [0.15, 0.2) is 0 Å². The first-order valence-electron chi connectivity index (χ1n) is 8.06. The lowest BCUT2D eigenvalue weighted by atomic mass is 10.2. The summed E-state index contributed by atoms with van der Waals surface area (Å²) in [6.07, 6.45) is -3.82. The second-order valence-electron chi connectivity index (χ2n) is 6.07. The number of alkyl halides is 3. The molecule has 0 bridgehead atoms. The molecule has 1 aromatic heterocycles. The predicted molar refractivity (Wildman–Crippen MR) is 106 cm³/mol. The van der Waals surface area contributed by atoms with Crippen LogP contribution in [0.5, 0.6) is 0 Å². The number of rotatable bonds is 5. The van der Waals surface area contributed by atoms with Gasteiger partial charge in [-0.3, -0.25) is 4.72 Å². The maximum atomic E-state index is 12.5. The number of aromatic nitrogens is 1. The molecule has 0 aliphatic carbocycles. The minimum Gasteiger partial charge on any atom is -0.478 e. The van der Waals surface area contributed by atoms with Crippen LogP contribution < -0.4 is 9.62 Å².